The van der Waals surface area contributed by atoms with E-state index in [1.807, 2.05) is 0 Å². The molecule has 4 nitrogen and oxygen atoms in total. The molecule has 1 N–H and O–H groups in total. The van der Waals surface area contributed by atoms with Gasteiger partial charge in [0.2, 0.25) is 0 Å². The van der Waals surface area contributed by atoms with E-state index in [0.29, 0.717) is 21.7 Å². The van der Waals surface area contributed by atoms with Gasteiger partial charge in [-0.1, -0.05) is 23.2 Å². The second-order valence-corrected chi connectivity index (χ2v) is 6.60. The zero-order chi connectivity index (χ0) is 15.0. The van der Waals surface area contributed by atoms with Gasteiger partial charge in [-0.05, 0) is 31.5 Å². The van der Waals surface area contributed by atoms with Crippen LogP contribution in [0.1, 0.15) is 23.7 Å². The van der Waals surface area contributed by atoms with E-state index < -0.39 is 0 Å². The maximum Gasteiger partial charge on any atom is 0.251 e. The van der Waals surface area contributed by atoms with Gasteiger partial charge in [-0.2, -0.15) is 0 Å². The highest BCUT2D eigenvalue weighted by molar-refractivity contribution is 6.42. The topological polar surface area (TPSA) is 41.6 Å². The maximum absolute atomic E-state index is 12.3. The van der Waals surface area contributed by atoms with E-state index in [0.717, 1.165) is 26.1 Å². The molecule has 0 spiro atoms. The average Bonchev–Trinajstić information content (AvgIpc) is 2.83. The first-order chi connectivity index (χ1) is 10.0. The Morgan fingerprint density at radius 3 is 2.90 bits per heavy atom. The number of morpholine rings is 1. The second-order valence-electron chi connectivity index (χ2n) is 5.79. The van der Waals surface area contributed by atoms with Crippen LogP contribution in [0.15, 0.2) is 18.2 Å². The number of rotatable bonds is 2. The van der Waals surface area contributed by atoms with Crippen LogP contribution >= 0.6 is 23.2 Å². The van der Waals surface area contributed by atoms with E-state index in [2.05, 4.69) is 17.1 Å². The molecule has 0 aromatic heterocycles. The first-order valence-corrected chi connectivity index (χ1v) is 7.90. The van der Waals surface area contributed by atoms with E-state index in [-0.39, 0.29) is 18.1 Å². The lowest BCUT2D eigenvalue weighted by molar-refractivity contribution is -0.0390. The summed E-state index contributed by atoms with van der Waals surface area (Å²) in [6, 6.07) is 5.52. The predicted molar refractivity (Wildman–Crippen MR) is 83.1 cm³/mol. The molecule has 1 aromatic rings. The molecular weight excluding hydrogens is 311 g/mol. The van der Waals surface area contributed by atoms with Crippen molar-refractivity contribution in [3.8, 4) is 0 Å². The van der Waals surface area contributed by atoms with Crippen molar-refractivity contribution in [2.45, 2.75) is 31.5 Å². The fourth-order valence-electron chi connectivity index (χ4n) is 3.05. The van der Waals surface area contributed by atoms with Crippen LogP contribution in [0, 0.1) is 0 Å². The summed E-state index contributed by atoms with van der Waals surface area (Å²) in [5, 5.41) is 3.93. The highest BCUT2D eigenvalue weighted by atomic mass is 35.5. The van der Waals surface area contributed by atoms with Crippen molar-refractivity contribution in [3.05, 3.63) is 33.8 Å². The van der Waals surface area contributed by atoms with Crippen molar-refractivity contribution in [2.24, 2.45) is 0 Å². The quantitative estimate of drug-likeness (QED) is 0.907. The number of carbonyl (C=O) groups excluding carboxylic acids is 1. The Hall–Kier alpha value is -0.810. The normalized spacial score (nSPS) is 29.2. The molecule has 2 aliphatic rings. The lowest BCUT2D eigenvalue weighted by Gasteiger charge is -2.33. The fraction of sp³-hybridized carbons (Fsp3) is 0.533. The van der Waals surface area contributed by atoms with E-state index >= 15 is 0 Å². The SMILES string of the molecule is C[C@H]1CN2C[C@H](NC(=O)c3ccc(Cl)c(Cl)c3)C[C@H]2CO1. The van der Waals surface area contributed by atoms with Crippen molar-refractivity contribution in [3.63, 3.8) is 0 Å². The largest absolute Gasteiger partial charge is 0.376 e. The number of carbonyl (C=O) groups is 1. The number of nitrogens with zero attached hydrogens (tertiary/aromatic N) is 1. The molecule has 21 heavy (non-hydrogen) atoms. The molecule has 2 aliphatic heterocycles. The first kappa shape index (κ1) is 15.1. The highest BCUT2D eigenvalue weighted by Gasteiger charge is 2.36. The van der Waals surface area contributed by atoms with Crippen molar-refractivity contribution >= 4 is 29.1 Å². The molecule has 6 heteroatoms. The van der Waals surface area contributed by atoms with Crippen molar-refractivity contribution in [1.82, 2.24) is 10.2 Å². The van der Waals surface area contributed by atoms with Crippen LogP contribution < -0.4 is 5.32 Å². The Bertz CT molecular complexity index is 552. The van der Waals surface area contributed by atoms with E-state index in [1.54, 1.807) is 18.2 Å². The van der Waals surface area contributed by atoms with Crippen LogP contribution in [0.25, 0.3) is 0 Å². The monoisotopic (exact) mass is 328 g/mol. The number of ether oxygens (including phenoxy) is 1. The smallest absolute Gasteiger partial charge is 0.251 e. The minimum Gasteiger partial charge on any atom is -0.376 e. The summed E-state index contributed by atoms with van der Waals surface area (Å²) in [4.78, 5) is 14.7. The minimum atomic E-state index is -0.104. The molecule has 0 unspecified atom stereocenters. The lowest BCUT2D eigenvalue weighted by Crippen LogP contribution is -2.45. The molecule has 2 heterocycles. The Kier molecular flexibility index (Phi) is 4.41. The van der Waals surface area contributed by atoms with Crippen LogP contribution in [0.3, 0.4) is 0 Å². The van der Waals surface area contributed by atoms with Gasteiger partial charge >= 0.3 is 0 Å². The Morgan fingerprint density at radius 2 is 2.14 bits per heavy atom. The summed E-state index contributed by atoms with van der Waals surface area (Å²) in [5.74, 6) is -0.104. The highest BCUT2D eigenvalue weighted by Crippen LogP contribution is 2.25. The Labute approximate surface area is 134 Å². The molecule has 0 saturated carbocycles. The molecular formula is C15H18Cl2N2O2. The number of benzene rings is 1. The van der Waals surface area contributed by atoms with Crippen molar-refractivity contribution in [1.29, 1.82) is 0 Å². The first-order valence-electron chi connectivity index (χ1n) is 7.14. The predicted octanol–water partition coefficient (Wildman–Crippen LogP) is 2.58. The van der Waals surface area contributed by atoms with E-state index in [4.69, 9.17) is 27.9 Å². The molecule has 2 saturated heterocycles. The lowest BCUT2D eigenvalue weighted by atomic mass is 10.1. The molecule has 1 aromatic carbocycles. The van der Waals surface area contributed by atoms with Crippen molar-refractivity contribution in [2.75, 3.05) is 19.7 Å². The standard InChI is InChI=1S/C15H18Cl2N2O2/c1-9-6-19-7-11(5-12(19)8-21-9)18-15(20)10-2-3-13(16)14(17)4-10/h2-4,9,11-12H,5-8H2,1H3,(H,18,20)/t9-,11+,12-/m0/s1. The number of fused-ring (bicyclic) bond motifs is 1. The number of hydrogen-bond donors (Lipinski definition) is 1. The zero-order valence-corrected chi connectivity index (χ0v) is 13.3. The molecule has 3 rings (SSSR count). The van der Waals surface area contributed by atoms with Crippen LogP contribution in [0.5, 0.6) is 0 Å². The summed E-state index contributed by atoms with van der Waals surface area (Å²) in [6.07, 6.45) is 1.20. The second kappa shape index (κ2) is 6.13. The zero-order valence-electron chi connectivity index (χ0n) is 11.8. The number of amides is 1. The molecule has 0 radical (unpaired) electrons. The van der Waals surface area contributed by atoms with Gasteiger partial charge in [-0.25, -0.2) is 0 Å². The van der Waals surface area contributed by atoms with E-state index in [9.17, 15) is 4.79 Å². The number of hydrogen-bond acceptors (Lipinski definition) is 3. The molecule has 3 atom stereocenters. The van der Waals surface area contributed by atoms with Gasteiger partial charge in [-0.3, -0.25) is 9.69 Å². The Morgan fingerprint density at radius 1 is 1.33 bits per heavy atom. The van der Waals surface area contributed by atoms with Crippen molar-refractivity contribution < 1.29 is 9.53 Å². The Balaban J connectivity index is 1.62. The molecule has 0 aliphatic carbocycles. The number of halogens is 2. The number of nitrogens with one attached hydrogen (secondary N) is 1. The summed E-state index contributed by atoms with van der Waals surface area (Å²) in [7, 11) is 0. The summed E-state index contributed by atoms with van der Waals surface area (Å²) in [5.41, 5.74) is 0.541. The van der Waals surface area contributed by atoms with Crippen LogP contribution in [0.2, 0.25) is 10.0 Å². The molecule has 1 amide bonds. The third-order valence-electron chi connectivity index (χ3n) is 4.11. The van der Waals surface area contributed by atoms with Gasteiger partial charge in [0, 0.05) is 30.7 Å². The summed E-state index contributed by atoms with van der Waals surface area (Å²) >= 11 is 11.8. The van der Waals surface area contributed by atoms with Gasteiger partial charge in [-0.15, -0.1) is 0 Å². The summed E-state index contributed by atoms with van der Waals surface area (Å²) in [6.45, 7) is 4.65. The van der Waals surface area contributed by atoms with Crippen LogP contribution in [-0.2, 0) is 4.74 Å². The summed E-state index contributed by atoms with van der Waals surface area (Å²) < 4.78 is 5.67. The molecule has 114 valence electrons. The van der Waals surface area contributed by atoms with Gasteiger partial charge in [0.15, 0.2) is 0 Å². The van der Waals surface area contributed by atoms with Crippen LogP contribution in [-0.4, -0.2) is 48.7 Å². The van der Waals surface area contributed by atoms with Crippen LogP contribution in [0.4, 0.5) is 0 Å². The van der Waals surface area contributed by atoms with Gasteiger partial charge in [0.05, 0.1) is 22.8 Å². The van der Waals surface area contributed by atoms with E-state index in [1.165, 1.54) is 0 Å². The minimum absolute atomic E-state index is 0.104. The van der Waals surface area contributed by atoms with Gasteiger partial charge in [0.1, 0.15) is 0 Å². The molecule has 2 fully saturated rings. The van der Waals surface area contributed by atoms with Gasteiger partial charge in [0.25, 0.3) is 5.91 Å². The maximum atomic E-state index is 12.3. The third kappa shape index (κ3) is 3.34. The third-order valence-corrected chi connectivity index (χ3v) is 4.85. The average molecular weight is 329 g/mol. The van der Waals surface area contributed by atoms with Gasteiger partial charge < -0.3 is 10.1 Å². The fourth-order valence-corrected chi connectivity index (χ4v) is 3.35. The molecule has 0 bridgehead atoms.